The summed E-state index contributed by atoms with van der Waals surface area (Å²) in [5.41, 5.74) is 2.64. The van der Waals surface area contributed by atoms with Crippen LogP contribution in [-0.4, -0.2) is 41.7 Å². The molecule has 0 bridgehead atoms. The Hall–Kier alpha value is -3.17. The molecule has 32 heavy (non-hydrogen) atoms. The van der Waals surface area contributed by atoms with Crippen molar-refractivity contribution in [3.8, 4) is 0 Å². The first kappa shape index (κ1) is 23.5. The molecule has 9 heteroatoms. The number of amides is 2. The monoisotopic (exact) mass is 457 g/mol. The highest BCUT2D eigenvalue weighted by atomic mass is 32.2. The molecule has 0 aromatic heterocycles. The Morgan fingerprint density at radius 2 is 1.88 bits per heavy atom. The van der Waals surface area contributed by atoms with Crippen molar-refractivity contribution in [1.82, 2.24) is 14.9 Å². The van der Waals surface area contributed by atoms with E-state index in [0.29, 0.717) is 6.42 Å². The lowest BCUT2D eigenvalue weighted by Gasteiger charge is -2.31. The van der Waals surface area contributed by atoms with Gasteiger partial charge in [0.05, 0.1) is 17.9 Å². The molecule has 0 aliphatic carbocycles. The lowest BCUT2D eigenvalue weighted by atomic mass is 10.0. The van der Waals surface area contributed by atoms with Crippen LogP contribution in [0.3, 0.4) is 0 Å². The van der Waals surface area contributed by atoms with Crippen LogP contribution in [0.25, 0.3) is 0 Å². The second-order valence-corrected chi connectivity index (χ2v) is 9.69. The zero-order valence-electron chi connectivity index (χ0n) is 18.0. The fourth-order valence-corrected chi connectivity index (χ4v) is 4.99. The van der Waals surface area contributed by atoms with Crippen LogP contribution in [0, 0.1) is 6.92 Å². The number of benzene rings is 2. The third-order valence-electron chi connectivity index (χ3n) is 5.16. The van der Waals surface area contributed by atoms with Crippen molar-refractivity contribution in [2.24, 2.45) is 0 Å². The summed E-state index contributed by atoms with van der Waals surface area (Å²) < 4.78 is 27.1. The summed E-state index contributed by atoms with van der Waals surface area (Å²) >= 11 is 0. The van der Waals surface area contributed by atoms with Crippen molar-refractivity contribution < 1.29 is 23.1 Å². The highest BCUT2D eigenvalue weighted by molar-refractivity contribution is 7.89. The third kappa shape index (κ3) is 5.54. The standard InChI is InChI=1S/C23H27N3O5S/c1-16-6-8-20(9-7-16)32(30,31)26-11-10-24-23(29)21(26)14-22(28)25-17(2)12-18-4-3-5-19(13-18)15-27/h3-11,13,17,21,27H,12,14-15H2,1-2H3,(H,24,29)(H,25,28)/t17-,21+/m0/s1. The fourth-order valence-electron chi connectivity index (χ4n) is 3.54. The summed E-state index contributed by atoms with van der Waals surface area (Å²) in [5, 5.41) is 14.6. The van der Waals surface area contributed by atoms with Crippen LogP contribution >= 0.6 is 0 Å². The van der Waals surface area contributed by atoms with Gasteiger partial charge in [-0.3, -0.25) is 13.9 Å². The number of aryl methyl sites for hydroxylation is 1. The van der Waals surface area contributed by atoms with E-state index in [9.17, 15) is 23.1 Å². The zero-order valence-corrected chi connectivity index (χ0v) is 18.8. The Labute approximate surface area is 188 Å². The molecule has 0 saturated carbocycles. The number of sulfonamides is 1. The molecule has 1 aliphatic heterocycles. The predicted octanol–water partition coefficient (Wildman–Crippen LogP) is 1.59. The number of nitrogens with one attached hydrogen (secondary N) is 2. The van der Waals surface area contributed by atoms with E-state index in [1.54, 1.807) is 12.1 Å². The van der Waals surface area contributed by atoms with Crippen LogP contribution in [0.4, 0.5) is 0 Å². The first-order chi connectivity index (χ1) is 15.2. The smallest absolute Gasteiger partial charge is 0.264 e. The summed E-state index contributed by atoms with van der Waals surface area (Å²) in [6.07, 6.45) is 2.72. The molecule has 2 aromatic rings. The van der Waals surface area contributed by atoms with Crippen molar-refractivity contribution in [3.63, 3.8) is 0 Å². The van der Waals surface area contributed by atoms with Crippen LogP contribution in [0.15, 0.2) is 65.8 Å². The van der Waals surface area contributed by atoms with Gasteiger partial charge in [0.15, 0.2) is 0 Å². The maximum absolute atomic E-state index is 13.1. The van der Waals surface area contributed by atoms with Crippen LogP contribution in [0.2, 0.25) is 0 Å². The largest absolute Gasteiger partial charge is 0.392 e. The van der Waals surface area contributed by atoms with Crippen molar-refractivity contribution in [3.05, 3.63) is 77.6 Å². The number of carbonyl (C=O) groups is 2. The van der Waals surface area contributed by atoms with E-state index in [2.05, 4.69) is 10.6 Å². The van der Waals surface area contributed by atoms with Gasteiger partial charge in [0.1, 0.15) is 6.04 Å². The second-order valence-electron chi connectivity index (χ2n) is 7.84. The topological polar surface area (TPSA) is 116 Å². The van der Waals surface area contributed by atoms with E-state index in [1.165, 1.54) is 24.5 Å². The summed E-state index contributed by atoms with van der Waals surface area (Å²) in [4.78, 5) is 25.2. The Morgan fingerprint density at radius 1 is 1.19 bits per heavy atom. The molecule has 0 saturated heterocycles. The normalized spacial score (nSPS) is 17.0. The quantitative estimate of drug-likeness (QED) is 0.557. The van der Waals surface area contributed by atoms with Crippen molar-refractivity contribution in [2.75, 3.05) is 0 Å². The SMILES string of the molecule is Cc1ccc(S(=O)(=O)N2C=CNC(=O)[C@H]2CC(=O)N[C@@H](C)Cc2cccc(CO)c2)cc1. The van der Waals surface area contributed by atoms with Gasteiger partial charge in [-0.05, 0) is 43.5 Å². The van der Waals surface area contributed by atoms with Crippen molar-refractivity contribution in [2.45, 2.75) is 50.3 Å². The molecule has 0 fully saturated rings. The molecule has 3 N–H and O–H groups in total. The molecule has 3 rings (SSSR count). The predicted molar refractivity (Wildman–Crippen MR) is 120 cm³/mol. The molecule has 8 nitrogen and oxygen atoms in total. The van der Waals surface area contributed by atoms with E-state index >= 15 is 0 Å². The van der Waals surface area contributed by atoms with Gasteiger partial charge < -0.3 is 15.7 Å². The molecular formula is C23H27N3O5S. The highest BCUT2D eigenvalue weighted by Gasteiger charge is 2.37. The molecule has 170 valence electrons. The maximum Gasteiger partial charge on any atom is 0.264 e. The minimum Gasteiger partial charge on any atom is -0.392 e. The number of hydrogen-bond acceptors (Lipinski definition) is 5. The summed E-state index contributed by atoms with van der Waals surface area (Å²) in [7, 11) is -4.01. The molecule has 1 aliphatic rings. The summed E-state index contributed by atoms with van der Waals surface area (Å²) in [5.74, 6) is -1.00. The molecule has 0 spiro atoms. The molecule has 2 aromatic carbocycles. The minimum atomic E-state index is -4.01. The van der Waals surface area contributed by atoms with Gasteiger partial charge in [0, 0.05) is 18.4 Å². The van der Waals surface area contributed by atoms with E-state index in [0.717, 1.165) is 21.0 Å². The molecule has 0 unspecified atom stereocenters. The van der Waals surface area contributed by atoms with Gasteiger partial charge in [0.25, 0.3) is 10.0 Å². The number of hydrogen-bond donors (Lipinski definition) is 3. The number of aliphatic hydroxyl groups is 1. The number of nitrogens with zero attached hydrogens (tertiary/aromatic N) is 1. The van der Waals surface area contributed by atoms with Crippen molar-refractivity contribution >= 4 is 21.8 Å². The van der Waals surface area contributed by atoms with Gasteiger partial charge in [-0.25, -0.2) is 8.42 Å². The van der Waals surface area contributed by atoms with E-state index in [-0.39, 0.29) is 24.0 Å². The molecule has 2 atom stereocenters. The van der Waals surface area contributed by atoms with Gasteiger partial charge in [-0.2, -0.15) is 0 Å². The number of carbonyl (C=O) groups excluding carboxylic acids is 2. The van der Waals surface area contributed by atoms with E-state index < -0.39 is 27.9 Å². The minimum absolute atomic E-state index is 0.0463. The molecule has 1 heterocycles. The molecule has 0 radical (unpaired) electrons. The number of rotatable bonds is 8. The van der Waals surface area contributed by atoms with Gasteiger partial charge >= 0.3 is 0 Å². The van der Waals surface area contributed by atoms with Crippen molar-refractivity contribution in [1.29, 1.82) is 0 Å². The fraction of sp³-hybridized carbons (Fsp3) is 0.304. The summed E-state index contributed by atoms with van der Waals surface area (Å²) in [6, 6.07) is 12.3. The second kappa shape index (κ2) is 9.97. The van der Waals surface area contributed by atoms with E-state index in [4.69, 9.17) is 0 Å². The Balaban J connectivity index is 1.70. The molecule has 2 amide bonds. The van der Waals surface area contributed by atoms with Crippen LogP contribution in [-0.2, 0) is 32.6 Å². The third-order valence-corrected chi connectivity index (χ3v) is 6.95. The summed E-state index contributed by atoms with van der Waals surface area (Å²) in [6.45, 7) is 3.61. The lowest BCUT2D eigenvalue weighted by Crippen LogP contribution is -2.51. The van der Waals surface area contributed by atoms with Crippen LogP contribution in [0.5, 0.6) is 0 Å². The van der Waals surface area contributed by atoms with Gasteiger partial charge in [-0.1, -0.05) is 42.0 Å². The lowest BCUT2D eigenvalue weighted by molar-refractivity contribution is -0.129. The highest BCUT2D eigenvalue weighted by Crippen LogP contribution is 2.23. The van der Waals surface area contributed by atoms with Gasteiger partial charge in [0.2, 0.25) is 11.8 Å². The van der Waals surface area contributed by atoms with Crippen LogP contribution < -0.4 is 10.6 Å². The van der Waals surface area contributed by atoms with E-state index in [1.807, 2.05) is 38.1 Å². The average molecular weight is 458 g/mol. The first-order valence-electron chi connectivity index (χ1n) is 10.3. The van der Waals surface area contributed by atoms with Gasteiger partial charge in [-0.15, -0.1) is 0 Å². The maximum atomic E-state index is 13.1. The van der Waals surface area contributed by atoms with Crippen LogP contribution in [0.1, 0.15) is 30.0 Å². The zero-order chi connectivity index (χ0) is 23.3. The Bertz CT molecular complexity index is 1110. The molecular weight excluding hydrogens is 430 g/mol. The first-order valence-corrected chi connectivity index (χ1v) is 11.7. The average Bonchev–Trinajstić information content (AvgIpc) is 2.75. The Morgan fingerprint density at radius 3 is 2.56 bits per heavy atom. The number of aliphatic hydroxyl groups excluding tert-OH is 1. The Kier molecular flexibility index (Phi) is 7.32.